The molecule has 0 aliphatic carbocycles. The number of rotatable bonds is 7. The van der Waals surface area contributed by atoms with Crippen molar-refractivity contribution in [3.05, 3.63) is 65.4 Å². The van der Waals surface area contributed by atoms with Gasteiger partial charge in [0.2, 0.25) is 0 Å². The first-order valence-electron chi connectivity index (χ1n) is 11.0. The second-order valence-electron chi connectivity index (χ2n) is 6.12. The minimum atomic E-state index is -1.02. The minimum Gasteiger partial charge on any atom is -0.477 e. The number of aryl methyl sites for hydroxylation is 1. The van der Waals surface area contributed by atoms with Crippen LogP contribution in [0.15, 0.2) is 48.5 Å². The van der Waals surface area contributed by atoms with Crippen molar-refractivity contribution in [3.8, 4) is 0 Å². The molecule has 0 saturated heterocycles. The van der Waals surface area contributed by atoms with Gasteiger partial charge in [-0.1, -0.05) is 58.0 Å². The number of benzene rings is 2. The third kappa shape index (κ3) is 9.55. The molecule has 1 aromatic heterocycles. The van der Waals surface area contributed by atoms with E-state index in [2.05, 4.69) is 21.9 Å². The first-order chi connectivity index (χ1) is 16.1. The lowest BCUT2D eigenvalue weighted by Gasteiger charge is -2.08. The zero-order chi connectivity index (χ0) is 25.2. The van der Waals surface area contributed by atoms with Gasteiger partial charge in [-0.2, -0.15) is 0 Å². The number of H-pyrrole nitrogens is 1. The molecule has 33 heavy (non-hydrogen) atoms. The number of carbonyl (C=O) groups is 2. The monoisotopic (exact) mass is 477 g/mol. The summed E-state index contributed by atoms with van der Waals surface area (Å²) < 4.78 is 5.21. The number of hydrogen-bond donors (Lipinski definition) is 4. The van der Waals surface area contributed by atoms with Crippen molar-refractivity contribution < 1.29 is 19.4 Å². The van der Waals surface area contributed by atoms with Gasteiger partial charge in [0.1, 0.15) is 12.3 Å². The molecule has 0 atom stereocenters. The number of aromatic carboxylic acids is 1. The van der Waals surface area contributed by atoms with E-state index >= 15 is 0 Å². The minimum absolute atomic E-state index is 0.155. The Kier molecular flexibility index (Phi) is 15.9. The molecule has 0 spiro atoms. The molecule has 182 valence electrons. The fraction of sp³-hybridized carbons (Fsp3) is 0.360. The molecule has 5 N–H and O–H groups in total. The van der Waals surface area contributed by atoms with Crippen LogP contribution in [0, 0.1) is 0 Å². The molecule has 0 aliphatic rings. The van der Waals surface area contributed by atoms with Crippen LogP contribution in [0.25, 0.3) is 10.9 Å². The lowest BCUT2D eigenvalue weighted by atomic mass is 10.0. The van der Waals surface area contributed by atoms with Crippen LogP contribution in [0.5, 0.6) is 0 Å². The van der Waals surface area contributed by atoms with Crippen LogP contribution in [-0.2, 0) is 17.8 Å². The number of alkyl halides is 1. The highest BCUT2D eigenvalue weighted by molar-refractivity contribution is 6.15. The number of anilines is 1. The number of nitrogens with one attached hydrogen (secondary N) is 2. The Bertz CT molecular complexity index is 959. The number of ether oxygens (including phenoxy) is 1. The Labute approximate surface area is 201 Å². The van der Waals surface area contributed by atoms with E-state index in [1.807, 2.05) is 58.0 Å². The predicted octanol–water partition coefficient (Wildman–Crippen LogP) is 6.41. The largest absolute Gasteiger partial charge is 0.477 e. The standard InChI is InChI=1S/C20H21N3O4.2C2H6.CH3Cl/c21-10-4-7-15-16-11-14(8-9-17(16)23-18(15)19(24)25)22-20(26)27-12-13-5-2-1-3-6-13;3*1-2/h1-3,5-6,8-9,11,23H,4,7,10,12,21H2,(H,22,26)(H,24,25);2*1-2H3;1H3. The molecular weight excluding hydrogens is 442 g/mol. The Morgan fingerprint density at radius 3 is 2.27 bits per heavy atom. The summed E-state index contributed by atoms with van der Waals surface area (Å²) in [4.78, 5) is 26.4. The second kappa shape index (κ2) is 17.5. The van der Waals surface area contributed by atoms with Crippen LogP contribution in [0.1, 0.15) is 55.7 Å². The van der Waals surface area contributed by atoms with Gasteiger partial charge in [0.25, 0.3) is 0 Å². The number of halogens is 1. The maximum Gasteiger partial charge on any atom is 0.411 e. The number of amides is 1. The zero-order valence-electron chi connectivity index (χ0n) is 20.1. The van der Waals surface area contributed by atoms with Crippen molar-refractivity contribution in [2.24, 2.45) is 5.73 Å². The van der Waals surface area contributed by atoms with Crippen LogP contribution in [-0.4, -0.2) is 35.1 Å². The number of carbonyl (C=O) groups excluding carboxylic acids is 1. The van der Waals surface area contributed by atoms with E-state index in [4.69, 9.17) is 10.5 Å². The number of carboxylic acids is 1. The maximum atomic E-state index is 12.0. The smallest absolute Gasteiger partial charge is 0.411 e. The third-order valence-electron chi connectivity index (χ3n) is 4.21. The van der Waals surface area contributed by atoms with Gasteiger partial charge in [0.15, 0.2) is 0 Å². The summed E-state index contributed by atoms with van der Waals surface area (Å²) in [7, 11) is 0. The summed E-state index contributed by atoms with van der Waals surface area (Å²) >= 11 is 4.64. The summed E-state index contributed by atoms with van der Waals surface area (Å²) in [6.07, 6.45) is 2.11. The molecule has 0 radical (unpaired) electrons. The van der Waals surface area contributed by atoms with Gasteiger partial charge < -0.3 is 20.6 Å². The average molecular weight is 478 g/mol. The molecular formula is C25H36ClN3O4. The highest BCUT2D eigenvalue weighted by Crippen LogP contribution is 2.27. The number of aromatic amines is 1. The Morgan fingerprint density at radius 2 is 1.70 bits per heavy atom. The first-order valence-corrected chi connectivity index (χ1v) is 11.8. The van der Waals surface area contributed by atoms with Crippen LogP contribution < -0.4 is 11.1 Å². The van der Waals surface area contributed by atoms with E-state index in [0.29, 0.717) is 36.2 Å². The van der Waals surface area contributed by atoms with Crippen LogP contribution in [0.2, 0.25) is 0 Å². The number of hydrogen-bond acceptors (Lipinski definition) is 4. The highest BCUT2D eigenvalue weighted by Gasteiger charge is 2.17. The first kappa shape index (κ1) is 30.0. The van der Waals surface area contributed by atoms with E-state index in [1.165, 1.54) is 6.38 Å². The van der Waals surface area contributed by atoms with Gasteiger partial charge in [-0.05, 0) is 48.7 Å². The van der Waals surface area contributed by atoms with E-state index in [-0.39, 0.29) is 12.3 Å². The molecule has 8 heteroatoms. The van der Waals surface area contributed by atoms with E-state index in [9.17, 15) is 14.7 Å². The van der Waals surface area contributed by atoms with Crippen molar-refractivity contribution in [2.75, 3.05) is 18.2 Å². The Morgan fingerprint density at radius 1 is 1.06 bits per heavy atom. The zero-order valence-corrected chi connectivity index (χ0v) is 20.8. The second-order valence-corrected chi connectivity index (χ2v) is 6.12. The fourth-order valence-corrected chi connectivity index (χ4v) is 2.92. The normalized spacial score (nSPS) is 9.30. The fourth-order valence-electron chi connectivity index (χ4n) is 2.92. The summed E-state index contributed by atoms with van der Waals surface area (Å²) in [5.74, 6) is -1.02. The van der Waals surface area contributed by atoms with Crippen LogP contribution in [0.4, 0.5) is 10.5 Å². The lowest BCUT2D eigenvalue weighted by molar-refractivity contribution is 0.0690. The molecule has 1 heterocycles. The SMILES string of the molecule is CC.CC.CCl.NCCCc1c(C(=O)O)[nH]c2ccc(NC(=O)OCc3ccccc3)cc12. The van der Waals surface area contributed by atoms with E-state index in [0.717, 1.165) is 10.9 Å². The molecule has 0 fully saturated rings. The number of aromatic nitrogens is 1. The third-order valence-corrected chi connectivity index (χ3v) is 4.21. The number of carboxylic acid groups (broad SMARTS) is 1. The van der Waals surface area contributed by atoms with Gasteiger partial charge in [0.05, 0.1) is 0 Å². The molecule has 0 saturated carbocycles. The molecule has 0 unspecified atom stereocenters. The van der Waals surface area contributed by atoms with Gasteiger partial charge in [-0.25, -0.2) is 9.59 Å². The summed E-state index contributed by atoms with van der Waals surface area (Å²) in [5.41, 5.74) is 8.52. The molecule has 0 aliphatic heterocycles. The average Bonchev–Trinajstić information content (AvgIpc) is 3.24. The van der Waals surface area contributed by atoms with Crippen molar-refractivity contribution in [3.63, 3.8) is 0 Å². The van der Waals surface area contributed by atoms with Gasteiger partial charge in [-0.15, -0.1) is 11.6 Å². The summed E-state index contributed by atoms with van der Waals surface area (Å²) in [6, 6.07) is 14.6. The van der Waals surface area contributed by atoms with Gasteiger partial charge in [0, 0.05) is 23.0 Å². The Balaban J connectivity index is 0.00000158. The van der Waals surface area contributed by atoms with E-state index in [1.54, 1.807) is 18.2 Å². The van der Waals surface area contributed by atoms with Crippen molar-refractivity contribution in [2.45, 2.75) is 47.1 Å². The molecule has 2 aromatic carbocycles. The van der Waals surface area contributed by atoms with Gasteiger partial charge >= 0.3 is 12.1 Å². The highest BCUT2D eigenvalue weighted by atomic mass is 35.5. The van der Waals surface area contributed by atoms with Crippen molar-refractivity contribution in [1.82, 2.24) is 4.98 Å². The van der Waals surface area contributed by atoms with Crippen LogP contribution in [0.3, 0.4) is 0 Å². The number of nitrogens with two attached hydrogens (primary N) is 1. The van der Waals surface area contributed by atoms with Crippen molar-refractivity contribution >= 4 is 40.3 Å². The lowest BCUT2D eigenvalue weighted by Crippen LogP contribution is -2.13. The maximum absolute atomic E-state index is 12.0. The van der Waals surface area contributed by atoms with Crippen LogP contribution >= 0.6 is 11.6 Å². The van der Waals surface area contributed by atoms with Crippen molar-refractivity contribution in [1.29, 1.82) is 0 Å². The van der Waals surface area contributed by atoms with Gasteiger partial charge in [-0.3, -0.25) is 5.32 Å². The predicted molar refractivity (Wildman–Crippen MR) is 137 cm³/mol. The molecule has 3 aromatic rings. The Hall–Kier alpha value is -3.03. The molecule has 3 rings (SSSR count). The van der Waals surface area contributed by atoms with E-state index < -0.39 is 12.1 Å². The topological polar surface area (TPSA) is 117 Å². The number of fused-ring (bicyclic) bond motifs is 1. The molecule has 7 nitrogen and oxygen atoms in total. The summed E-state index contributed by atoms with van der Waals surface area (Å²) in [6.45, 7) is 8.64. The summed E-state index contributed by atoms with van der Waals surface area (Å²) in [5, 5.41) is 12.8. The molecule has 0 bridgehead atoms. The quantitative estimate of drug-likeness (QED) is 0.293. The molecule has 1 amide bonds.